The Morgan fingerprint density at radius 1 is 0.509 bits per heavy atom. The molecule has 2 atom stereocenters. The van der Waals surface area contributed by atoms with E-state index in [1.54, 1.807) is 6.08 Å². The van der Waals surface area contributed by atoms with Gasteiger partial charge in [-0.05, 0) is 89.9 Å². The van der Waals surface area contributed by atoms with Crippen molar-refractivity contribution in [1.82, 2.24) is 5.32 Å². The van der Waals surface area contributed by atoms with Crippen LogP contribution in [0.2, 0.25) is 0 Å². The molecule has 0 saturated carbocycles. The molecule has 6 heteroatoms. The minimum Gasteiger partial charge on any atom is -0.466 e. The van der Waals surface area contributed by atoms with Gasteiger partial charge in [0.15, 0.2) is 0 Å². The van der Waals surface area contributed by atoms with Crippen LogP contribution in [0.5, 0.6) is 0 Å². The maximum Gasteiger partial charge on any atom is 0.305 e. The number of esters is 1. The Morgan fingerprint density at radius 3 is 1.36 bits per heavy atom. The molecule has 0 aliphatic carbocycles. The van der Waals surface area contributed by atoms with Crippen LogP contribution in [0, 0.1) is 0 Å². The number of hydrogen-bond donors (Lipinski definition) is 3. The lowest BCUT2D eigenvalue weighted by molar-refractivity contribution is -0.143. The number of unbranched alkanes of at least 4 members (excludes halogenated alkanes) is 26. The smallest absolute Gasteiger partial charge is 0.305 e. The molecule has 1 amide bonds. The van der Waals surface area contributed by atoms with Crippen molar-refractivity contribution in [2.45, 2.75) is 238 Å². The lowest BCUT2D eigenvalue weighted by Gasteiger charge is -2.20. The summed E-state index contributed by atoms with van der Waals surface area (Å²) in [5.41, 5.74) is 0. The van der Waals surface area contributed by atoms with Gasteiger partial charge >= 0.3 is 5.97 Å². The summed E-state index contributed by atoms with van der Waals surface area (Å²) >= 11 is 0. The molecule has 3 N–H and O–H groups in total. The zero-order valence-corrected chi connectivity index (χ0v) is 35.0. The number of rotatable bonds is 41. The molecule has 2 unspecified atom stereocenters. The average Bonchev–Trinajstić information content (AvgIpc) is 3.16. The van der Waals surface area contributed by atoms with Crippen molar-refractivity contribution in [3.8, 4) is 0 Å². The number of aliphatic hydroxyl groups excluding tert-OH is 2. The molecule has 53 heavy (non-hydrogen) atoms. The van der Waals surface area contributed by atoms with Crippen LogP contribution in [0.25, 0.3) is 0 Å². The fourth-order valence-electron chi connectivity index (χ4n) is 6.56. The van der Waals surface area contributed by atoms with Crippen molar-refractivity contribution >= 4 is 11.9 Å². The Bertz CT molecular complexity index is 869. The van der Waals surface area contributed by atoms with E-state index < -0.39 is 12.1 Å². The topological polar surface area (TPSA) is 95.9 Å². The number of nitrogens with one attached hydrogen (secondary N) is 1. The zero-order chi connectivity index (χ0) is 38.7. The van der Waals surface area contributed by atoms with Gasteiger partial charge in [0.05, 0.1) is 25.4 Å². The van der Waals surface area contributed by atoms with Crippen LogP contribution < -0.4 is 5.32 Å². The van der Waals surface area contributed by atoms with Gasteiger partial charge in [0.25, 0.3) is 0 Å². The van der Waals surface area contributed by atoms with E-state index in [4.69, 9.17) is 4.74 Å². The number of allylic oxidation sites excluding steroid dienone is 5. The quantitative estimate of drug-likeness (QED) is 0.0329. The van der Waals surface area contributed by atoms with Crippen molar-refractivity contribution < 1.29 is 24.5 Å². The van der Waals surface area contributed by atoms with Gasteiger partial charge in [-0.2, -0.15) is 0 Å². The molecule has 0 radical (unpaired) electrons. The Labute approximate surface area is 328 Å². The van der Waals surface area contributed by atoms with Crippen molar-refractivity contribution in [1.29, 1.82) is 0 Å². The summed E-state index contributed by atoms with van der Waals surface area (Å²) < 4.78 is 5.42. The molecule has 0 rings (SSSR count). The van der Waals surface area contributed by atoms with Crippen LogP contribution in [0.1, 0.15) is 226 Å². The molecule has 0 spiro atoms. The third-order valence-corrected chi connectivity index (χ3v) is 10.1. The van der Waals surface area contributed by atoms with Crippen molar-refractivity contribution in [3.63, 3.8) is 0 Å². The van der Waals surface area contributed by atoms with E-state index in [0.29, 0.717) is 19.4 Å². The molecular weight excluding hydrogens is 659 g/mol. The van der Waals surface area contributed by atoms with Gasteiger partial charge < -0.3 is 20.3 Å². The first-order chi connectivity index (χ1) is 26.0. The SMILES string of the molecule is CCCCCC/C=C\CCCCCCCC(=O)OCCCCC/C=C\CCCCCCCC(=O)NC(CO)C(O)/C=C/CCCCCCCCCCC. The van der Waals surface area contributed by atoms with E-state index in [9.17, 15) is 19.8 Å². The lowest BCUT2D eigenvalue weighted by atomic mass is 10.1. The third-order valence-electron chi connectivity index (χ3n) is 10.1. The maximum absolute atomic E-state index is 12.4. The predicted molar refractivity (Wildman–Crippen MR) is 227 cm³/mol. The number of aliphatic hydroxyl groups is 2. The summed E-state index contributed by atoms with van der Waals surface area (Å²) in [5, 5.41) is 22.9. The molecule has 0 aromatic heterocycles. The Balaban J connectivity index is 3.56. The molecule has 6 nitrogen and oxygen atoms in total. The van der Waals surface area contributed by atoms with Crippen LogP contribution in [-0.4, -0.2) is 47.4 Å². The molecule has 0 aromatic rings. The molecule has 310 valence electrons. The number of hydrogen-bond acceptors (Lipinski definition) is 5. The predicted octanol–water partition coefficient (Wildman–Crippen LogP) is 12.9. The van der Waals surface area contributed by atoms with Gasteiger partial charge in [-0.1, -0.05) is 159 Å². The Hall–Kier alpha value is -1.92. The van der Waals surface area contributed by atoms with Gasteiger partial charge in [-0.15, -0.1) is 0 Å². The number of carbonyl (C=O) groups excluding carboxylic acids is 2. The van der Waals surface area contributed by atoms with Gasteiger partial charge in [-0.25, -0.2) is 0 Å². The molecule has 0 aromatic carbocycles. The third kappa shape index (κ3) is 39.6. The van der Waals surface area contributed by atoms with Gasteiger partial charge in [-0.3, -0.25) is 9.59 Å². The second-order valence-electron chi connectivity index (χ2n) is 15.4. The molecule has 0 aliphatic heterocycles. The van der Waals surface area contributed by atoms with Crippen LogP contribution in [0.3, 0.4) is 0 Å². The fraction of sp³-hybridized carbons (Fsp3) is 0.830. The highest BCUT2D eigenvalue weighted by Gasteiger charge is 2.18. The van der Waals surface area contributed by atoms with E-state index >= 15 is 0 Å². The first-order valence-corrected chi connectivity index (χ1v) is 22.8. The summed E-state index contributed by atoms with van der Waals surface area (Å²) in [7, 11) is 0. The number of ether oxygens (including phenoxy) is 1. The van der Waals surface area contributed by atoms with Crippen LogP contribution in [-0.2, 0) is 14.3 Å². The van der Waals surface area contributed by atoms with Crippen molar-refractivity contribution in [2.24, 2.45) is 0 Å². The molecule has 0 saturated heterocycles. The summed E-state index contributed by atoms with van der Waals surface area (Å²) in [6.45, 7) is 4.79. The highest BCUT2D eigenvalue weighted by atomic mass is 16.5. The average molecular weight is 746 g/mol. The van der Waals surface area contributed by atoms with Crippen LogP contribution in [0.15, 0.2) is 36.5 Å². The maximum atomic E-state index is 12.4. The molecular formula is C47H87NO5. The fourth-order valence-corrected chi connectivity index (χ4v) is 6.56. The first kappa shape index (κ1) is 51.1. The van der Waals surface area contributed by atoms with E-state index in [1.807, 2.05) is 6.08 Å². The first-order valence-electron chi connectivity index (χ1n) is 22.8. The van der Waals surface area contributed by atoms with E-state index in [0.717, 1.165) is 83.5 Å². The summed E-state index contributed by atoms with van der Waals surface area (Å²) in [5.74, 6) is -0.132. The van der Waals surface area contributed by atoms with Gasteiger partial charge in [0.2, 0.25) is 5.91 Å². The zero-order valence-electron chi connectivity index (χ0n) is 35.0. The molecule has 0 fully saturated rings. The van der Waals surface area contributed by atoms with Gasteiger partial charge in [0, 0.05) is 12.8 Å². The number of carbonyl (C=O) groups is 2. The van der Waals surface area contributed by atoms with Crippen LogP contribution >= 0.6 is 0 Å². The van der Waals surface area contributed by atoms with Crippen molar-refractivity contribution in [2.75, 3.05) is 13.2 Å². The molecule has 0 heterocycles. The largest absolute Gasteiger partial charge is 0.466 e. The van der Waals surface area contributed by atoms with Crippen molar-refractivity contribution in [3.05, 3.63) is 36.5 Å². The minimum absolute atomic E-state index is 0.0350. The van der Waals surface area contributed by atoms with Gasteiger partial charge in [0.1, 0.15) is 0 Å². The summed E-state index contributed by atoms with van der Waals surface area (Å²) in [6.07, 6.45) is 49.8. The van der Waals surface area contributed by atoms with Crippen LogP contribution in [0.4, 0.5) is 0 Å². The Morgan fingerprint density at radius 2 is 0.887 bits per heavy atom. The Kier molecular flexibility index (Phi) is 41.3. The second kappa shape index (κ2) is 42.8. The van der Waals surface area contributed by atoms with E-state index in [2.05, 4.69) is 43.5 Å². The second-order valence-corrected chi connectivity index (χ2v) is 15.4. The highest BCUT2D eigenvalue weighted by molar-refractivity contribution is 5.76. The standard InChI is InChI=1S/C47H87NO5/c1-3-5-7-9-11-13-15-16-21-25-29-33-37-41-47(52)53-42-38-34-30-26-22-18-17-20-24-28-32-36-40-46(51)48-44(43-49)45(50)39-35-31-27-23-19-14-12-10-8-6-4-2/h13,15,18,22,35,39,44-45,49-50H,3-12,14,16-17,19-21,23-34,36-38,40-43H2,1-2H3,(H,48,51)/b15-13-,22-18-,39-35+. The van der Waals surface area contributed by atoms with E-state index in [-0.39, 0.29) is 18.5 Å². The monoisotopic (exact) mass is 746 g/mol. The molecule has 0 aliphatic rings. The lowest BCUT2D eigenvalue weighted by Crippen LogP contribution is -2.45. The minimum atomic E-state index is -0.859. The number of amides is 1. The highest BCUT2D eigenvalue weighted by Crippen LogP contribution is 2.13. The normalized spacial score (nSPS) is 13.1. The summed E-state index contributed by atoms with van der Waals surface area (Å²) in [6, 6.07) is -0.645. The van der Waals surface area contributed by atoms with E-state index in [1.165, 1.54) is 116 Å². The molecule has 0 bridgehead atoms. The summed E-state index contributed by atoms with van der Waals surface area (Å²) in [4.78, 5) is 24.3.